The zero-order valence-electron chi connectivity index (χ0n) is 16.6. The van der Waals surface area contributed by atoms with Crippen molar-refractivity contribution in [3.05, 3.63) is 64.7 Å². The standard InChI is InChI=1S/C22H21NO5S/c1-13-20(29-21(23-13)16-7-11-18(27-4)12-8-16)22(25)28-14(2)19(24)15-5-9-17(26-3)10-6-15/h5-12,14H,1-4H3/t14-/m1/s1. The Hall–Kier alpha value is -3.19. The Morgan fingerprint density at radius 3 is 2.03 bits per heavy atom. The summed E-state index contributed by atoms with van der Waals surface area (Å²) in [6, 6.07) is 14.1. The van der Waals surface area contributed by atoms with Gasteiger partial charge in [0.25, 0.3) is 0 Å². The number of aromatic nitrogens is 1. The number of rotatable bonds is 7. The molecular formula is C22H21NO5S. The summed E-state index contributed by atoms with van der Waals surface area (Å²) in [5, 5.41) is 0.700. The van der Waals surface area contributed by atoms with E-state index in [1.807, 2.05) is 24.3 Å². The van der Waals surface area contributed by atoms with Crippen molar-refractivity contribution < 1.29 is 23.8 Å². The highest BCUT2D eigenvalue weighted by Gasteiger charge is 2.24. The monoisotopic (exact) mass is 411 g/mol. The minimum Gasteiger partial charge on any atom is -0.497 e. The Balaban J connectivity index is 1.72. The topological polar surface area (TPSA) is 74.7 Å². The molecule has 0 amide bonds. The van der Waals surface area contributed by atoms with Crippen LogP contribution < -0.4 is 9.47 Å². The molecule has 0 saturated heterocycles. The molecule has 1 heterocycles. The Bertz CT molecular complexity index is 1010. The van der Waals surface area contributed by atoms with Crippen LogP contribution >= 0.6 is 11.3 Å². The van der Waals surface area contributed by atoms with E-state index in [9.17, 15) is 9.59 Å². The number of benzene rings is 2. The van der Waals surface area contributed by atoms with Crippen LogP contribution in [0, 0.1) is 6.92 Å². The zero-order valence-corrected chi connectivity index (χ0v) is 17.4. The molecule has 1 atom stereocenters. The van der Waals surface area contributed by atoms with Crippen LogP contribution in [-0.4, -0.2) is 37.1 Å². The smallest absolute Gasteiger partial charge is 0.350 e. The minimum absolute atomic E-state index is 0.279. The maximum atomic E-state index is 12.6. The molecule has 3 aromatic rings. The fraction of sp³-hybridized carbons (Fsp3) is 0.227. The molecule has 0 fully saturated rings. The van der Waals surface area contributed by atoms with E-state index in [1.54, 1.807) is 52.3 Å². The van der Waals surface area contributed by atoms with Gasteiger partial charge in [0.05, 0.1) is 19.9 Å². The highest BCUT2D eigenvalue weighted by atomic mass is 32.1. The lowest BCUT2D eigenvalue weighted by molar-refractivity contribution is 0.0322. The second-order valence-corrected chi connectivity index (χ2v) is 7.30. The Kier molecular flexibility index (Phi) is 6.29. The van der Waals surface area contributed by atoms with Crippen molar-refractivity contribution in [1.82, 2.24) is 4.98 Å². The van der Waals surface area contributed by atoms with Gasteiger partial charge in [0.15, 0.2) is 6.10 Å². The fourth-order valence-electron chi connectivity index (χ4n) is 2.70. The molecule has 0 bridgehead atoms. The summed E-state index contributed by atoms with van der Waals surface area (Å²) in [6.45, 7) is 3.31. The number of carbonyl (C=O) groups is 2. The number of carbonyl (C=O) groups excluding carboxylic acids is 2. The normalized spacial score (nSPS) is 11.6. The van der Waals surface area contributed by atoms with E-state index in [0.717, 1.165) is 11.3 Å². The minimum atomic E-state index is -0.915. The number of ketones is 1. The molecule has 0 saturated carbocycles. The number of aryl methyl sites for hydroxylation is 1. The van der Waals surface area contributed by atoms with Gasteiger partial charge in [-0.05, 0) is 62.4 Å². The molecule has 3 rings (SSSR count). The number of Topliss-reactive ketones (excluding diaryl/α,β-unsaturated/α-hetero) is 1. The van der Waals surface area contributed by atoms with Crippen LogP contribution in [0.3, 0.4) is 0 Å². The van der Waals surface area contributed by atoms with E-state index >= 15 is 0 Å². The average Bonchev–Trinajstić information content (AvgIpc) is 3.15. The predicted molar refractivity (Wildman–Crippen MR) is 111 cm³/mol. The van der Waals surface area contributed by atoms with Gasteiger partial charge < -0.3 is 14.2 Å². The second kappa shape index (κ2) is 8.87. The largest absolute Gasteiger partial charge is 0.497 e. The Morgan fingerprint density at radius 1 is 0.931 bits per heavy atom. The molecule has 0 unspecified atom stereocenters. The molecule has 0 aliphatic rings. The first-order chi connectivity index (χ1) is 13.9. The van der Waals surface area contributed by atoms with Gasteiger partial charge in [-0.2, -0.15) is 0 Å². The van der Waals surface area contributed by atoms with Gasteiger partial charge in [-0.1, -0.05) is 0 Å². The van der Waals surface area contributed by atoms with Crippen LogP contribution in [0.4, 0.5) is 0 Å². The molecule has 0 spiro atoms. The highest BCUT2D eigenvalue weighted by molar-refractivity contribution is 7.17. The summed E-state index contributed by atoms with van der Waals surface area (Å²) in [7, 11) is 3.16. The average molecular weight is 411 g/mol. The number of hydrogen-bond donors (Lipinski definition) is 0. The highest BCUT2D eigenvalue weighted by Crippen LogP contribution is 2.30. The van der Waals surface area contributed by atoms with Crippen LogP contribution in [0.15, 0.2) is 48.5 Å². The first-order valence-electron chi connectivity index (χ1n) is 8.94. The summed E-state index contributed by atoms with van der Waals surface area (Å²) in [5.74, 6) is 0.553. The lowest BCUT2D eigenvalue weighted by Crippen LogP contribution is -2.24. The first-order valence-corrected chi connectivity index (χ1v) is 9.75. The number of ether oxygens (including phenoxy) is 3. The molecule has 0 aliphatic heterocycles. The maximum absolute atomic E-state index is 12.6. The second-order valence-electron chi connectivity index (χ2n) is 6.30. The Morgan fingerprint density at radius 2 is 1.48 bits per heavy atom. The van der Waals surface area contributed by atoms with E-state index in [0.29, 0.717) is 26.9 Å². The van der Waals surface area contributed by atoms with Crippen molar-refractivity contribution >= 4 is 23.1 Å². The van der Waals surface area contributed by atoms with Crippen LogP contribution in [0.25, 0.3) is 10.6 Å². The van der Waals surface area contributed by atoms with Crippen molar-refractivity contribution in [3.8, 4) is 22.1 Å². The van der Waals surface area contributed by atoms with E-state index in [2.05, 4.69) is 4.98 Å². The van der Waals surface area contributed by atoms with Crippen molar-refractivity contribution in [3.63, 3.8) is 0 Å². The molecule has 2 aromatic carbocycles. The summed E-state index contributed by atoms with van der Waals surface area (Å²) in [5.41, 5.74) is 1.89. The van der Waals surface area contributed by atoms with Crippen molar-refractivity contribution in [1.29, 1.82) is 0 Å². The van der Waals surface area contributed by atoms with E-state index in [4.69, 9.17) is 14.2 Å². The molecular weight excluding hydrogens is 390 g/mol. The van der Waals surface area contributed by atoms with Gasteiger partial charge in [-0.25, -0.2) is 9.78 Å². The van der Waals surface area contributed by atoms with E-state index in [-0.39, 0.29) is 5.78 Å². The predicted octanol–water partition coefficient (Wildman–Crippen LogP) is 4.56. The lowest BCUT2D eigenvalue weighted by Gasteiger charge is -2.12. The molecule has 0 radical (unpaired) electrons. The van der Waals surface area contributed by atoms with Gasteiger partial charge in [0, 0.05) is 11.1 Å². The lowest BCUT2D eigenvalue weighted by atomic mass is 10.1. The van der Waals surface area contributed by atoms with Gasteiger partial charge in [0.1, 0.15) is 21.4 Å². The maximum Gasteiger partial charge on any atom is 0.350 e. The number of esters is 1. The molecule has 0 N–H and O–H groups in total. The third-order valence-electron chi connectivity index (χ3n) is 4.35. The van der Waals surface area contributed by atoms with Gasteiger partial charge >= 0.3 is 5.97 Å². The third kappa shape index (κ3) is 4.63. The van der Waals surface area contributed by atoms with Crippen molar-refractivity contribution in [2.75, 3.05) is 14.2 Å². The fourth-order valence-corrected chi connectivity index (χ4v) is 3.66. The van der Waals surface area contributed by atoms with Crippen LogP contribution in [-0.2, 0) is 4.74 Å². The summed E-state index contributed by atoms with van der Waals surface area (Å²) in [6.07, 6.45) is -0.915. The number of hydrogen-bond acceptors (Lipinski definition) is 7. The summed E-state index contributed by atoms with van der Waals surface area (Å²) < 4.78 is 15.7. The van der Waals surface area contributed by atoms with E-state index in [1.165, 1.54) is 11.3 Å². The van der Waals surface area contributed by atoms with Crippen LogP contribution in [0.2, 0.25) is 0 Å². The molecule has 0 aliphatic carbocycles. The Labute approximate surface area is 173 Å². The first kappa shape index (κ1) is 20.5. The van der Waals surface area contributed by atoms with Crippen molar-refractivity contribution in [2.24, 2.45) is 0 Å². The van der Waals surface area contributed by atoms with Gasteiger partial charge in [-0.3, -0.25) is 4.79 Å². The SMILES string of the molecule is COc1ccc(C(=O)[C@@H](C)OC(=O)c2sc(-c3ccc(OC)cc3)nc2C)cc1. The quantitative estimate of drug-likeness (QED) is 0.419. The third-order valence-corrected chi connectivity index (χ3v) is 5.53. The number of thiazole rings is 1. The molecule has 7 heteroatoms. The zero-order chi connectivity index (χ0) is 21.0. The van der Waals surface area contributed by atoms with Gasteiger partial charge in [-0.15, -0.1) is 11.3 Å². The van der Waals surface area contributed by atoms with Crippen LogP contribution in [0.1, 0.15) is 32.6 Å². The van der Waals surface area contributed by atoms with Gasteiger partial charge in [0.2, 0.25) is 5.78 Å². The summed E-state index contributed by atoms with van der Waals surface area (Å²) in [4.78, 5) is 30.0. The van der Waals surface area contributed by atoms with Crippen LogP contribution in [0.5, 0.6) is 11.5 Å². The number of methoxy groups -OCH3 is 2. The molecule has 6 nitrogen and oxygen atoms in total. The molecule has 150 valence electrons. The number of nitrogens with zero attached hydrogens (tertiary/aromatic N) is 1. The van der Waals surface area contributed by atoms with Crippen molar-refractivity contribution in [2.45, 2.75) is 20.0 Å². The summed E-state index contributed by atoms with van der Waals surface area (Å²) >= 11 is 1.23. The molecule has 1 aromatic heterocycles. The van der Waals surface area contributed by atoms with E-state index < -0.39 is 12.1 Å². The molecule has 29 heavy (non-hydrogen) atoms.